The first-order chi connectivity index (χ1) is 5.36. The molecule has 2 bridgehead atoms. The van der Waals surface area contributed by atoms with Gasteiger partial charge in [-0.3, -0.25) is 0 Å². The molecule has 0 nitrogen and oxygen atoms in total. The van der Waals surface area contributed by atoms with Crippen molar-refractivity contribution in [1.29, 1.82) is 0 Å². The topological polar surface area (TPSA) is 0 Å². The van der Waals surface area contributed by atoms with Crippen molar-refractivity contribution >= 4 is 0 Å². The summed E-state index contributed by atoms with van der Waals surface area (Å²) in [6, 6.07) is 0. The van der Waals surface area contributed by atoms with E-state index in [1.807, 2.05) is 0 Å². The maximum atomic E-state index is 2.47. The van der Waals surface area contributed by atoms with E-state index in [9.17, 15) is 0 Å². The van der Waals surface area contributed by atoms with Crippen molar-refractivity contribution < 1.29 is 0 Å². The van der Waals surface area contributed by atoms with Gasteiger partial charge in [0.1, 0.15) is 0 Å². The number of hydrogen-bond acceptors (Lipinski definition) is 0. The highest BCUT2D eigenvalue weighted by Gasteiger charge is 2.27. The maximum absolute atomic E-state index is 2.47. The Bertz CT molecular complexity index is 117. The smallest absolute Gasteiger partial charge is 0.0388 e. The van der Waals surface area contributed by atoms with Gasteiger partial charge in [0.15, 0.2) is 0 Å². The van der Waals surface area contributed by atoms with Gasteiger partial charge in [0.2, 0.25) is 0 Å². The molecule has 3 fully saturated rings. The summed E-state index contributed by atoms with van der Waals surface area (Å²) >= 11 is 0. The minimum Gasteiger partial charge on any atom is -0.0622 e. The fraction of sp³-hybridized carbons (Fsp3) is 1.00. The van der Waals surface area contributed by atoms with Crippen LogP contribution in [0.4, 0.5) is 0 Å². The van der Waals surface area contributed by atoms with Gasteiger partial charge in [-0.25, -0.2) is 0 Å². The van der Waals surface area contributed by atoms with Crippen molar-refractivity contribution in [2.45, 2.75) is 51.9 Å². The highest BCUT2D eigenvalue weighted by Crippen LogP contribution is 2.40. The van der Waals surface area contributed by atoms with Crippen LogP contribution in [-0.4, -0.2) is 0 Å². The van der Waals surface area contributed by atoms with E-state index in [1.165, 1.54) is 19.3 Å². The molecule has 0 spiro atoms. The third kappa shape index (κ3) is 1.60. The van der Waals surface area contributed by atoms with Crippen LogP contribution in [0.5, 0.6) is 0 Å². The first kappa shape index (κ1) is 7.64. The molecular formula is C11H20. The van der Waals surface area contributed by atoms with Gasteiger partial charge in [-0.15, -0.1) is 0 Å². The second-order valence-corrected chi connectivity index (χ2v) is 4.69. The molecule has 3 rings (SSSR count). The SMILES string of the molecule is CC1CCCC2CCC1CC2. The van der Waals surface area contributed by atoms with Crippen molar-refractivity contribution in [2.24, 2.45) is 17.8 Å². The molecule has 0 saturated heterocycles. The summed E-state index contributed by atoms with van der Waals surface area (Å²) in [6.07, 6.45) is 10.8. The minimum absolute atomic E-state index is 1.04. The average Bonchev–Trinajstić information content (AvgIpc) is 2.01. The van der Waals surface area contributed by atoms with E-state index in [0.29, 0.717) is 0 Å². The van der Waals surface area contributed by atoms with E-state index in [1.54, 1.807) is 25.7 Å². The third-order valence-electron chi connectivity index (χ3n) is 3.97. The van der Waals surface area contributed by atoms with Crippen LogP contribution in [-0.2, 0) is 0 Å². The minimum atomic E-state index is 1.04. The van der Waals surface area contributed by atoms with Gasteiger partial charge in [0.05, 0.1) is 0 Å². The summed E-state index contributed by atoms with van der Waals surface area (Å²) in [5.41, 5.74) is 0. The summed E-state index contributed by atoms with van der Waals surface area (Å²) in [5, 5.41) is 0. The lowest BCUT2D eigenvalue weighted by atomic mass is 9.71. The Morgan fingerprint density at radius 1 is 0.818 bits per heavy atom. The first-order valence-electron chi connectivity index (χ1n) is 5.36. The Labute approximate surface area is 70.4 Å². The molecule has 0 amide bonds. The molecule has 3 aliphatic rings. The summed E-state index contributed by atoms with van der Waals surface area (Å²) in [4.78, 5) is 0. The molecule has 0 heteroatoms. The second kappa shape index (κ2) is 3.16. The van der Waals surface area contributed by atoms with Crippen LogP contribution in [0.25, 0.3) is 0 Å². The van der Waals surface area contributed by atoms with Gasteiger partial charge in [0.25, 0.3) is 0 Å². The Kier molecular flexibility index (Phi) is 2.20. The molecule has 0 aromatic heterocycles. The van der Waals surface area contributed by atoms with E-state index < -0.39 is 0 Å². The van der Waals surface area contributed by atoms with Crippen LogP contribution in [0.3, 0.4) is 0 Å². The normalized spacial score (nSPS) is 45.0. The molecule has 11 heavy (non-hydrogen) atoms. The quantitative estimate of drug-likeness (QED) is 0.497. The molecule has 3 aliphatic carbocycles. The van der Waals surface area contributed by atoms with Crippen molar-refractivity contribution in [3.8, 4) is 0 Å². The van der Waals surface area contributed by atoms with E-state index in [0.717, 1.165) is 17.8 Å². The Balaban J connectivity index is 2.00. The third-order valence-corrected chi connectivity index (χ3v) is 3.97. The van der Waals surface area contributed by atoms with E-state index in [2.05, 4.69) is 6.92 Å². The zero-order valence-electron chi connectivity index (χ0n) is 7.68. The zero-order valence-corrected chi connectivity index (χ0v) is 7.68. The summed E-state index contributed by atoms with van der Waals surface area (Å²) < 4.78 is 0. The van der Waals surface area contributed by atoms with Crippen LogP contribution in [0, 0.1) is 17.8 Å². The van der Waals surface area contributed by atoms with Crippen molar-refractivity contribution in [3.05, 3.63) is 0 Å². The highest BCUT2D eigenvalue weighted by molar-refractivity contribution is 4.79. The Morgan fingerprint density at radius 3 is 2.27 bits per heavy atom. The molecule has 0 aliphatic heterocycles. The summed E-state index contributed by atoms with van der Waals surface area (Å²) in [5.74, 6) is 3.27. The fourth-order valence-electron chi connectivity index (χ4n) is 3.01. The largest absolute Gasteiger partial charge is 0.0622 e. The van der Waals surface area contributed by atoms with Crippen molar-refractivity contribution in [1.82, 2.24) is 0 Å². The predicted octanol–water partition coefficient (Wildman–Crippen LogP) is 3.61. The molecule has 0 aromatic rings. The van der Waals surface area contributed by atoms with E-state index in [-0.39, 0.29) is 0 Å². The van der Waals surface area contributed by atoms with Gasteiger partial charge < -0.3 is 0 Å². The molecule has 1 unspecified atom stereocenters. The van der Waals surface area contributed by atoms with Crippen molar-refractivity contribution in [3.63, 3.8) is 0 Å². The van der Waals surface area contributed by atoms with Crippen LogP contribution in [0.15, 0.2) is 0 Å². The van der Waals surface area contributed by atoms with Crippen LogP contribution in [0.2, 0.25) is 0 Å². The molecule has 0 N–H and O–H groups in total. The molecular weight excluding hydrogens is 132 g/mol. The lowest BCUT2D eigenvalue weighted by Crippen LogP contribution is -2.23. The van der Waals surface area contributed by atoms with Gasteiger partial charge in [-0.2, -0.15) is 0 Å². The molecule has 1 atom stereocenters. The molecule has 3 saturated carbocycles. The Morgan fingerprint density at radius 2 is 1.55 bits per heavy atom. The average molecular weight is 152 g/mol. The fourth-order valence-corrected chi connectivity index (χ4v) is 3.01. The molecule has 0 radical (unpaired) electrons. The van der Waals surface area contributed by atoms with Crippen LogP contribution < -0.4 is 0 Å². The molecule has 0 heterocycles. The monoisotopic (exact) mass is 152 g/mol. The standard InChI is InChI=1S/C11H20/c1-9-3-2-4-10-5-7-11(9)8-6-10/h9-11H,2-8H2,1H3. The highest BCUT2D eigenvalue weighted by atomic mass is 14.3. The summed E-state index contributed by atoms with van der Waals surface area (Å²) in [6.45, 7) is 2.47. The van der Waals surface area contributed by atoms with Gasteiger partial charge >= 0.3 is 0 Å². The second-order valence-electron chi connectivity index (χ2n) is 4.69. The maximum Gasteiger partial charge on any atom is -0.0388 e. The van der Waals surface area contributed by atoms with E-state index in [4.69, 9.17) is 0 Å². The first-order valence-corrected chi connectivity index (χ1v) is 5.36. The summed E-state index contributed by atoms with van der Waals surface area (Å²) in [7, 11) is 0. The van der Waals surface area contributed by atoms with E-state index >= 15 is 0 Å². The van der Waals surface area contributed by atoms with Gasteiger partial charge in [0, 0.05) is 0 Å². The van der Waals surface area contributed by atoms with Gasteiger partial charge in [-0.1, -0.05) is 39.0 Å². The Hall–Kier alpha value is 0. The van der Waals surface area contributed by atoms with Crippen molar-refractivity contribution in [2.75, 3.05) is 0 Å². The number of rotatable bonds is 0. The molecule has 0 aromatic carbocycles. The number of hydrogen-bond donors (Lipinski definition) is 0. The van der Waals surface area contributed by atoms with Crippen LogP contribution in [0.1, 0.15) is 51.9 Å². The predicted molar refractivity (Wildman–Crippen MR) is 48.5 cm³/mol. The van der Waals surface area contributed by atoms with Gasteiger partial charge in [-0.05, 0) is 30.6 Å². The lowest BCUT2D eigenvalue weighted by molar-refractivity contribution is 0.166. The number of fused-ring (bicyclic) bond motifs is 5. The molecule has 64 valence electrons. The zero-order chi connectivity index (χ0) is 7.68. The lowest BCUT2D eigenvalue weighted by Gasteiger charge is -2.35. The van der Waals surface area contributed by atoms with Crippen LogP contribution >= 0.6 is 0 Å².